The van der Waals surface area contributed by atoms with E-state index in [1.54, 1.807) is 0 Å². The predicted octanol–water partition coefficient (Wildman–Crippen LogP) is 1.34. The summed E-state index contributed by atoms with van der Waals surface area (Å²) < 4.78 is 52.8. The molecule has 1 aliphatic rings. The Morgan fingerprint density at radius 1 is 1.35 bits per heavy atom. The Kier molecular flexibility index (Phi) is 6.07. The van der Waals surface area contributed by atoms with Crippen molar-refractivity contribution in [3.8, 4) is 0 Å². The molecule has 0 aromatic heterocycles. The third kappa shape index (κ3) is 5.20. The van der Waals surface area contributed by atoms with E-state index in [2.05, 4.69) is 16.5 Å². The highest BCUT2D eigenvalue weighted by Crippen LogP contribution is 2.17. The van der Waals surface area contributed by atoms with Crippen LogP contribution in [0, 0.1) is 17.6 Å². The van der Waals surface area contributed by atoms with E-state index in [1.165, 1.54) is 0 Å². The number of sulfonamides is 1. The smallest absolute Gasteiger partial charge is 0.243 e. The van der Waals surface area contributed by atoms with Gasteiger partial charge in [-0.05, 0) is 50.0 Å². The number of halogens is 2. The van der Waals surface area contributed by atoms with E-state index in [0.29, 0.717) is 18.5 Å². The molecular formula is C15H22F2N2O3S. The summed E-state index contributed by atoms with van der Waals surface area (Å²) in [6, 6.07) is 2.23. The minimum atomic E-state index is -4.20. The summed E-state index contributed by atoms with van der Waals surface area (Å²) >= 11 is 0. The number of hydrogen-bond donors (Lipinski definition) is 2. The molecule has 1 aromatic rings. The molecule has 0 aliphatic carbocycles. The molecule has 0 radical (unpaired) electrons. The fraction of sp³-hybridized carbons (Fsp3) is 0.600. The molecule has 130 valence electrons. The molecule has 2 rings (SSSR count). The van der Waals surface area contributed by atoms with Crippen LogP contribution in [-0.4, -0.2) is 50.7 Å². The van der Waals surface area contributed by atoms with Crippen molar-refractivity contribution in [3.05, 3.63) is 29.8 Å². The summed E-state index contributed by atoms with van der Waals surface area (Å²) in [4.78, 5) is 1.32. The molecule has 5 nitrogen and oxygen atoms in total. The van der Waals surface area contributed by atoms with Gasteiger partial charge >= 0.3 is 0 Å². The number of piperidine rings is 1. The summed E-state index contributed by atoms with van der Waals surface area (Å²) in [5.41, 5.74) is 0. The predicted molar refractivity (Wildman–Crippen MR) is 82.4 cm³/mol. The molecule has 1 atom stereocenters. The van der Waals surface area contributed by atoms with E-state index in [0.717, 1.165) is 38.1 Å². The Bertz CT molecular complexity index is 632. The van der Waals surface area contributed by atoms with Gasteiger partial charge in [-0.15, -0.1) is 0 Å². The molecule has 0 spiro atoms. The van der Waals surface area contributed by atoms with E-state index in [9.17, 15) is 22.3 Å². The average Bonchev–Trinajstić information content (AvgIpc) is 2.50. The third-order valence-electron chi connectivity index (χ3n) is 4.04. The van der Waals surface area contributed by atoms with Crippen molar-refractivity contribution < 1.29 is 22.3 Å². The Hall–Kier alpha value is -1.09. The summed E-state index contributed by atoms with van der Waals surface area (Å²) in [5, 5.41) is 9.97. The van der Waals surface area contributed by atoms with Gasteiger partial charge in [0, 0.05) is 13.1 Å². The van der Waals surface area contributed by atoms with Crippen LogP contribution in [0.4, 0.5) is 8.78 Å². The summed E-state index contributed by atoms with van der Waals surface area (Å²) in [6.45, 7) is 4.01. The monoisotopic (exact) mass is 348 g/mol. The Labute approximate surface area is 135 Å². The second-order valence-electron chi connectivity index (χ2n) is 6.06. The van der Waals surface area contributed by atoms with Crippen LogP contribution in [0.3, 0.4) is 0 Å². The van der Waals surface area contributed by atoms with Gasteiger partial charge in [0.25, 0.3) is 0 Å². The molecule has 1 saturated heterocycles. The minimum absolute atomic E-state index is 0.246. The van der Waals surface area contributed by atoms with Gasteiger partial charge in [-0.25, -0.2) is 21.9 Å². The first-order chi connectivity index (χ1) is 10.8. The van der Waals surface area contributed by atoms with Crippen molar-refractivity contribution in [1.82, 2.24) is 9.62 Å². The van der Waals surface area contributed by atoms with Crippen molar-refractivity contribution in [3.63, 3.8) is 0 Å². The van der Waals surface area contributed by atoms with Gasteiger partial charge in [-0.2, -0.15) is 0 Å². The van der Waals surface area contributed by atoms with Crippen LogP contribution in [-0.2, 0) is 10.0 Å². The lowest BCUT2D eigenvalue weighted by Gasteiger charge is -2.31. The highest BCUT2D eigenvalue weighted by molar-refractivity contribution is 7.89. The van der Waals surface area contributed by atoms with Gasteiger partial charge in [0.2, 0.25) is 10.0 Å². The number of β-amino-alcohol motifs (C(OH)–C–C–N with tert-alkyl or cyclic N) is 1. The number of hydrogen-bond acceptors (Lipinski definition) is 4. The molecule has 1 heterocycles. The van der Waals surface area contributed by atoms with Crippen LogP contribution in [0.25, 0.3) is 0 Å². The molecule has 0 saturated carbocycles. The molecule has 1 aromatic carbocycles. The molecule has 2 N–H and O–H groups in total. The molecule has 0 amide bonds. The maximum Gasteiger partial charge on any atom is 0.243 e. The number of nitrogens with one attached hydrogen (secondary N) is 1. The molecule has 1 unspecified atom stereocenters. The summed E-state index contributed by atoms with van der Waals surface area (Å²) in [6.07, 6.45) is 1.19. The van der Waals surface area contributed by atoms with E-state index in [1.807, 2.05) is 0 Å². The standard InChI is InChI=1S/C15H22F2N2O3S/c1-11-4-6-19(7-5-11)10-13(20)9-18-23(21,22)15-8-12(16)2-3-14(15)17/h2-3,8,11,13,18,20H,4-7,9-10H2,1H3. The Morgan fingerprint density at radius 2 is 2.00 bits per heavy atom. The number of aliphatic hydroxyl groups excluding tert-OH is 1. The van der Waals surface area contributed by atoms with Crippen molar-refractivity contribution >= 4 is 10.0 Å². The van der Waals surface area contributed by atoms with E-state index < -0.39 is 32.7 Å². The fourth-order valence-corrected chi connectivity index (χ4v) is 3.73. The SMILES string of the molecule is CC1CCN(CC(O)CNS(=O)(=O)c2cc(F)ccc2F)CC1. The van der Waals surface area contributed by atoms with E-state index >= 15 is 0 Å². The van der Waals surface area contributed by atoms with Crippen LogP contribution in [0.15, 0.2) is 23.1 Å². The maximum absolute atomic E-state index is 13.5. The van der Waals surface area contributed by atoms with Crippen LogP contribution >= 0.6 is 0 Å². The number of rotatable bonds is 6. The Balaban J connectivity index is 1.90. The zero-order valence-electron chi connectivity index (χ0n) is 13.0. The van der Waals surface area contributed by atoms with Crippen LogP contribution in [0.5, 0.6) is 0 Å². The van der Waals surface area contributed by atoms with Crippen molar-refractivity contribution in [2.24, 2.45) is 5.92 Å². The van der Waals surface area contributed by atoms with E-state index in [4.69, 9.17) is 0 Å². The van der Waals surface area contributed by atoms with Crippen molar-refractivity contribution in [1.29, 1.82) is 0 Å². The topological polar surface area (TPSA) is 69.6 Å². The molecule has 23 heavy (non-hydrogen) atoms. The normalized spacial score (nSPS) is 19.0. The minimum Gasteiger partial charge on any atom is -0.390 e. The molecule has 1 aliphatic heterocycles. The number of benzene rings is 1. The number of aliphatic hydroxyl groups is 1. The number of nitrogens with zero attached hydrogens (tertiary/aromatic N) is 1. The van der Waals surface area contributed by atoms with Gasteiger partial charge in [-0.3, -0.25) is 0 Å². The largest absolute Gasteiger partial charge is 0.390 e. The highest BCUT2D eigenvalue weighted by Gasteiger charge is 2.23. The lowest BCUT2D eigenvalue weighted by molar-refractivity contribution is 0.0942. The van der Waals surface area contributed by atoms with Gasteiger partial charge < -0.3 is 10.0 Å². The van der Waals surface area contributed by atoms with Gasteiger partial charge in [0.05, 0.1) is 6.10 Å². The lowest BCUT2D eigenvalue weighted by Crippen LogP contribution is -2.43. The first-order valence-electron chi connectivity index (χ1n) is 7.63. The second-order valence-corrected chi connectivity index (χ2v) is 7.80. The summed E-state index contributed by atoms with van der Waals surface area (Å²) in [7, 11) is -4.20. The van der Waals surface area contributed by atoms with Crippen LogP contribution in [0.2, 0.25) is 0 Å². The zero-order valence-corrected chi connectivity index (χ0v) is 13.8. The van der Waals surface area contributed by atoms with Gasteiger partial charge in [0.15, 0.2) is 0 Å². The summed E-state index contributed by atoms with van der Waals surface area (Å²) in [5.74, 6) is -1.20. The second kappa shape index (κ2) is 7.65. The van der Waals surface area contributed by atoms with E-state index in [-0.39, 0.29) is 6.54 Å². The molecule has 1 fully saturated rings. The third-order valence-corrected chi connectivity index (χ3v) is 5.48. The average molecular weight is 348 g/mol. The van der Waals surface area contributed by atoms with Crippen molar-refractivity contribution in [2.45, 2.75) is 30.8 Å². The quantitative estimate of drug-likeness (QED) is 0.814. The number of likely N-dealkylation sites (tertiary alicyclic amines) is 1. The molecule has 8 heteroatoms. The van der Waals surface area contributed by atoms with Crippen LogP contribution in [0.1, 0.15) is 19.8 Å². The van der Waals surface area contributed by atoms with Crippen molar-refractivity contribution in [2.75, 3.05) is 26.2 Å². The first-order valence-corrected chi connectivity index (χ1v) is 9.11. The molecular weight excluding hydrogens is 326 g/mol. The zero-order chi connectivity index (χ0) is 17.0. The fourth-order valence-electron chi connectivity index (χ4n) is 2.57. The highest BCUT2D eigenvalue weighted by atomic mass is 32.2. The first kappa shape index (κ1) is 18.3. The van der Waals surface area contributed by atoms with Gasteiger partial charge in [0.1, 0.15) is 16.5 Å². The van der Waals surface area contributed by atoms with Crippen LogP contribution < -0.4 is 4.72 Å². The molecule has 0 bridgehead atoms. The lowest BCUT2D eigenvalue weighted by atomic mass is 9.99. The maximum atomic E-state index is 13.5. The Morgan fingerprint density at radius 3 is 2.65 bits per heavy atom. The van der Waals surface area contributed by atoms with Gasteiger partial charge in [-0.1, -0.05) is 6.92 Å².